The molecule has 1 atom stereocenters. The van der Waals surface area contributed by atoms with E-state index in [1.165, 1.54) is 0 Å². The Bertz CT molecular complexity index is 478. The molecule has 19 heavy (non-hydrogen) atoms. The highest BCUT2D eigenvalue weighted by atomic mass is 32.1. The lowest BCUT2D eigenvalue weighted by atomic mass is 10.2. The Hall–Kier alpha value is -1.40. The van der Waals surface area contributed by atoms with Gasteiger partial charge in [0.25, 0.3) is 5.91 Å². The lowest BCUT2D eigenvalue weighted by molar-refractivity contribution is 0.0590. The zero-order chi connectivity index (χ0) is 14.0. The first-order chi connectivity index (χ1) is 9.00. The molecule has 0 bridgehead atoms. The second kappa shape index (κ2) is 5.71. The molecule has 1 saturated heterocycles. The molecule has 0 spiro atoms. The molecule has 104 valence electrons. The van der Waals surface area contributed by atoms with Crippen molar-refractivity contribution >= 4 is 23.1 Å². The molecule has 0 aliphatic carbocycles. The third-order valence-corrected chi connectivity index (χ3v) is 3.96. The van der Waals surface area contributed by atoms with Crippen LogP contribution in [-0.4, -0.2) is 52.9 Å². The average Bonchev–Trinajstić information content (AvgIpc) is 2.83. The summed E-state index contributed by atoms with van der Waals surface area (Å²) in [6.45, 7) is 6.78. The van der Waals surface area contributed by atoms with Crippen molar-refractivity contribution in [2.24, 2.45) is 5.73 Å². The van der Waals surface area contributed by atoms with Crippen molar-refractivity contribution in [1.29, 1.82) is 0 Å². The van der Waals surface area contributed by atoms with Crippen LogP contribution in [0.1, 0.15) is 23.0 Å². The van der Waals surface area contributed by atoms with E-state index in [0.717, 1.165) is 18.7 Å². The maximum Gasteiger partial charge on any atom is 0.289 e. The number of thiocarbonyl (C=S) groups is 1. The molecule has 1 aliphatic heterocycles. The summed E-state index contributed by atoms with van der Waals surface area (Å²) in [4.78, 5) is 16.8. The van der Waals surface area contributed by atoms with Crippen LogP contribution in [0.25, 0.3) is 0 Å². The van der Waals surface area contributed by atoms with Crippen LogP contribution in [0.4, 0.5) is 0 Å². The van der Waals surface area contributed by atoms with E-state index >= 15 is 0 Å². The highest BCUT2D eigenvalue weighted by molar-refractivity contribution is 7.80. The van der Waals surface area contributed by atoms with Gasteiger partial charge in [-0.15, -0.1) is 0 Å². The van der Waals surface area contributed by atoms with Crippen LogP contribution in [-0.2, 0) is 0 Å². The van der Waals surface area contributed by atoms with E-state index in [1.807, 2.05) is 18.7 Å². The number of piperazine rings is 1. The van der Waals surface area contributed by atoms with Crippen molar-refractivity contribution in [3.05, 3.63) is 23.7 Å². The van der Waals surface area contributed by atoms with E-state index in [-0.39, 0.29) is 11.9 Å². The zero-order valence-corrected chi connectivity index (χ0v) is 12.1. The second-order valence-electron chi connectivity index (χ2n) is 4.84. The fourth-order valence-electron chi connectivity index (χ4n) is 2.23. The summed E-state index contributed by atoms with van der Waals surface area (Å²) >= 11 is 5.00. The summed E-state index contributed by atoms with van der Waals surface area (Å²) in [7, 11) is 0. The number of hydrogen-bond donors (Lipinski definition) is 1. The molecule has 2 N–H and O–H groups in total. The average molecular weight is 281 g/mol. The van der Waals surface area contributed by atoms with Crippen LogP contribution in [0.2, 0.25) is 0 Å². The van der Waals surface area contributed by atoms with Crippen LogP contribution < -0.4 is 5.73 Å². The molecule has 0 aromatic carbocycles. The Morgan fingerprint density at radius 3 is 2.53 bits per heavy atom. The summed E-state index contributed by atoms with van der Waals surface area (Å²) in [5.74, 6) is 0.404. The normalized spacial score (nSPS) is 18.3. The molecular formula is C13H19N3O2S. The molecule has 1 amide bonds. The van der Waals surface area contributed by atoms with Gasteiger partial charge in [0, 0.05) is 31.7 Å². The van der Waals surface area contributed by atoms with Gasteiger partial charge in [0.05, 0.1) is 17.3 Å². The van der Waals surface area contributed by atoms with E-state index in [0.29, 0.717) is 23.8 Å². The first-order valence-corrected chi connectivity index (χ1v) is 6.78. The minimum Gasteiger partial charge on any atom is -0.459 e. The van der Waals surface area contributed by atoms with Crippen LogP contribution in [0.3, 0.4) is 0 Å². The molecule has 6 heteroatoms. The third kappa shape index (κ3) is 2.96. The minimum absolute atomic E-state index is 0.0369. The van der Waals surface area contributed by atoms with Gasteiger partial charge >= 0.3 is 0 Å². The van der Waals surface area contributed by atoms with Crippen molar-refractivity contribution in [2.45, 2.75) is 19.9 Å². The van der Waals surface area contributed by atoms with E-state index in [9.17, 15) is 4.79 Å². The molecule has 2 rings (SSSR count). The Morgan fingerprint density at radius 1 is 1.42 bits per heavy atom. The molecule has 1 aromatic heterocycles. The summed E-state index contributed by atoms with van der Waals surface area (Å²) in [6.07, 6.45) is 1.55. The molecule has 2 heterocycles. The molecular weight excluding hydrogens is 262 g/mol. The quantitative estimate of drug-likeness (QED) is 0.838. The molecule has 5 nitrogen and oxygen atoms in total. The Kier molecular flexibility index (Phi) is 4.21. The minimum atomic E-state index is -0.0369. The lowest BCUT2D eigenvalue weighted by Gasteiger charge is -2.37. The standard InChI is InChI=1S/C13H19N3O2S/c1-9-3-8-18-11(9)13(17)16-6-4-15(5-7-16)10(2)12(14)19/h3,8,10H,4-7H2,1-2H3,(H2,14,19). The Balaban J connectivity index is 1.95. The first kappa shape index (κ1) is 14.0. The number of aryl methyl sites for hydroxylation is 1. The van der Waals surface area contributed by atoms with Crippen LogP contribution in [0.5, 0.6) is 0 Å². The lowest BCUT2D eigenvalue weighted by Crippen LogP contribution is -2.53. The van der Waals surface area contributed by atoms with Gasteiger partial charge in [-0.1, -0.05) is 12.2 Å². The largest absolute Gasteiger partial charge is 0.459 e. The fraction of sp³-hybridized carbons (Fsp3) is 0.538. The number of nitrogens with two attached hydrogens (primary N) is 1. The monoisotopic (exact) mass is 281 g/mol. The van der Waals surface area contributed by atoms with E-state index in [4.69, 9.17) is 22.4 Å². The number of hydrogen-bond acceptors (Lipinski definition) is 4. The molecule has 1 fully saturated rings. The number of rotatable bonds is 3. The Labute approximate surface area is 118 Å². The first-order valence-electron chi connectivity index (χ1n) is 6.37. The van der Waals surface area contributed by atoms with E-state index in [2.05, 4.69) is 4.90 Å². The van der Waals surface area contributed by atoms with Crippen molar-refractivity contribution in [2.75, 3.05) is 26.2 Å². The number of furan rings is 1. The maximum absolute atomic E-state index is 12.3. The van der Waals surface area contributed by atoms with E-state index in [1.54, 1.807) is 12.3 Å². The zero-order valence-electron chi connectivity index (χ0n) is 11.3. The maximum atomic E-state index is 12.3. The Morgan fingerprint density at radius 2 is 2.05 bits per heavy atom. The van der Waals surface area contributed by atoms with Crippen molar-refractivity contribution in [3.8, 4) is 0 Å². The predicted molar refractivity (Wildman–Crippen MR) is 77.2 cm³/mol. The summed E-state index contributed by atoms with van der Waals surface area (Å²) in [6, 6.07) is 1.89. The third-order valence-electron chi connectivity index (χ3n) is 3.62. The van der Waals surface area contributed by atoms with Gasteiger partial charge < -0.3 is 15.1 Å². The number of amides is 1. The van der Waals surface area contributed by atoms with Crippen LogP contribution in [0.15, 0.2) is 16.7 Å². The molecule has 1 aliphatic rings. The molecule has 0 radical (unpaired) electrons. The highest BCUT2D eigenvalue weighted by Gasteiger charge is 2.27. The summed E-state index contributed by atoms with van der Waals surface area (Å²) in [5.41, 5.74) is 6.53. The van der Waals surface area contributed by atoms with E-state index < -0.39 is 0 Å². The molecule has 1 unspecified atom stereocenters. The summed E-state index contributed by atoms with van der Waals surface area (Å²) in [5, 5.41) is 0. The number of carbonyl (C=O) groups is 1. The van der Waals surface area contributed by atoms with Gasteiger partial charge in [-0.3, -0.25) is 9.69 Å². The SMILES string of the molecule is Cc1ccoc1C(=O)N1CCN(C(C)C(N)=S)CC1. The molecule has 0 saturated carbocycles. The second-order valence-corrected chi connectivity index (χ2v) is 5.31. The van der Waals surface area contributed by atoms with Crippen LogP contribution >= 0.6 is 12.2 Å². The fourth-order valence-corrected chi connectivity index (χ4v) is 2.38. The number of nitrogens with zero attached hydrogens (tertiary/aromatic N) is 2. The van der Waals surface area contributed by atoms with Crippen molar-refractivity contribution < 1.29 is 9.21 Å². The predicted octanol–water partition coefficient (Wildman–Crippen LogP) is 1.02. The van der Waals surface area contributed by atoms with Gasteiger partial charge in [-0.05, 0) is 19.9 Å². The molecule has 1 aromatic rings. The van der Waals surface area contributed by atoms with Crippen molar-refractivity contribution in [3.63, 3.8) is 0 Å². The smallest absolute Gasteiger partial charge is 0.289 e. The van der Waals surface area contributed by atoms with Gasteiger partial charge in [-0.2, -0.15) is 0 Å². The number of carbonyl (C=O) groups excluding carboxylic acids is 1. The topological polar surface area (TPSA) is 62.7 Å². The van der Waals surface area contributed by atoms with Crippen molar-refractivity contribution in [1.82, 2.24) is 9.80 Å². The van der Waals surface area contributed by atoms with Gasteiger partial charge in [0.1, 0.15) is 0 Å². The van der Waals surface area contributed by atoms with Crippen LogP contribution in [0, 0.1) is 6.92 Å². The van der Waals surface area contributed by atoms with Gasteiger partial charge in [0.15, 0.2) is 5.76 Å². The van der Waals surface area contributed by atoms with Gasteiger partial charge in [0.2, 0.25) is 0 Å². The highest BCUT2D eigenvalue weighted by Crippen LogP contribution is 2.14. The van der Waals surface area contributed by atoms with Gasteiger partial charge in [-0.25, -0.2) is 0 Å². The summed E-state index contributed by atoms with van der Waals surface area (Å²) < 4.78 is 5.25.